The van der Waals surface area contributed by atoms with E-state index in [1.165, 1.54) is 5.56 Å². The molecule has 26 heavy (non-hydrogen) atoms. The van der Waals surface area contributed by atoms with E-state index in [-0.39, 0.29) is 12.7 Å². The Hall–Kier alpha value is -1.70. The molecule has 0 radical (unpaired) electrons. The number of aromatic nitrogens is 1. The van der Waals surface area contributed by atoms with Crippen LogP contribution in [0.5, 0.6) is 5.75 Å². The highest BCUT2D eigenvalue weighted by atomic mass is 19.3. The quantitative estimate of drug-likeness (QED) is 0.737. The number of ether oxygens (including phenoxy) is 3. The molecule has 1 aliphatic heterocycles. The van der Waals surface area contributed by atoms with E-state index < -0.39 is 6.61 Å². The molecule has 7 heteroatoms. The zero-order chi connectivity index (χ0) is 18.4. The van der Waals surface area contributed by atoms with Crippen molar-refractivity contribution in [1.29, 1.82) is 0 Å². The summed E-state index contributed by atoms with van der Waals surface area (Å²) in [5.41, 5.74) is 2.27. The summed E-state index contributed by atoms with van der Waals surface area (Å²) >= 11 is 0. The maximum atomic E-state index is 12.0. The Kier molecular flexibility index (Phi) is 6.82. The van der Waals surface area contributed by atoms with Crippen LogP contribution in [-0.4, -0.2) is 62.6 Å². The Morgan fingerprint density at radius 3 is 2.85 bits per heavy atom. The number of halogens is 2. The summed E-state index contributed by atoms with van der Waals surface area (Å²) in [6, 6.07) is 6.11. The SMILES string of the molecule is CN(CCOC(F)F)CCc1c[nH]c2ccc(OC3CCOCC3)cc12. The minimum absolute atomic E-state index is 0.0329. The second-order valence-corrected chi connectivity index (χ2v) is 6.64. The fourth-order valence-electron chi connectivity index (χ4n) is 3.14. The van der Waals surface area contributed by atoms with Gasteiger partial charge < -0.3 is 24.1 Å². The first-order valence-corrected chi connectivity index (χ1v) is 9.04. The lowest BCUT2D eigenvalue weighted by Gasteiger charge is -2.23. The van der Waals surface area contributed by atoms with Gasteiger partial charge in [0.2, 0.25) is 0 Å². The van der Waals surface area contributed by atoms with Crippen molar-refractivity contribution in [2.75, 3.05) is 40.0 Å². The Balaban J connectivity index is 1.57. The van der Waals surface area contributed by atoms with Gasteiger partial charge in [-0.25, -0.2) is 0 Å². The highest BCUT2D eigenvalue weighted by molar-refractivity contribution is 5.84. The van der Waals surface area contributed by atoms with Crippen LogP contribution >= 0.6 is 0 Å². The zero-order valence-electron chi connectivity index (χ0n) is 15.0. The van der Waals surface area contributed by atoms with Crippen LogP contribution in [0.4, 0.5) is 8.78 Å². The summed E-state index contributed by atoms with van der Waals surface area (Å²) < 4.78 is 39.8. The molecule has 2 heterocycles. The number of alkyl halides is 2. The second kappa shape index (κ2) is 9.30. The average molecular weight is 368 g/mol. The molecule has 0 unspecified atom stereocenters. The molecule has 5 nitrogen and oxygen atoms in total. The maximum absolute atomic E-state index is 12.0. The van der Waals surface area contributed by atoms with Gasteiger partial charge in [0.25, 0.3) is 0 Å². The Labute approximate surface area is 152 Å². The Bertz CT molecular complexity index is 686. The van der Waals surface area contributed by atoms with Crippen molar-refractivity contribution < 1.29 is 23.0 Å². The number of hydrogen-bond acceptors (Lipinski definition) is 4. The lowest BCUT2D eigenvalue weighted by molar-refractivity contribution is -0.131. The molecule has 3 rings (SSSR count). The van der Waals surface area contributed by atoms with Gasteiger partial charge in [-0.2, -0.15) is 8.78 Å². The van der Waals surface area contributed by atoms with Crippen LogP contribution in [0, 0.1) is 0 Å². The molecule has 0 spiro atoms. The standard InChI is InChI=1S/C19H26F2N2O3/c1-23(8-11-25-19(20)21)7-4-14-13-22-18-3-2-16(12-17(14)18)26-15-5-9-24-10-6-15/h2-3,12-13,15,19,22H,4-11H2,1H3. The van der Waals surface area contributed by atoms with Crippen molar-refractivity contribution in [3.05, 3.63) is 30.0 Å². The third-order valence-electron chi connectivity index (χ3n) is 4.69. The molecular weight excluding hydrogens is 342 g/mol. The molecule has 144 valence electrons. The van der Waals surface area contributed by atoms with Gasteiger partial charge in [0.05, 0.1) is 19.8 Å². The highest BCUT2D eigenvalue weighted by Gasteiger charge is 2.16. The summed E-state index contributed by atoms with van der Waals surface area (Å²) in [4.78, 5) is 5.27. The van der Waals surface area contributed by atoms with E-state index in [2.05, 4.69) is 15.8 Å². The van der Waals surface area contributed by atoms with E-state index in [0.717, 1.165) is 55.7 Å². The number of benzene rings is 1. The number of likely N-dealkylation sites (N-methyl/N-ethyl adjacent to an activating group) is 1. The van der Waals surface area contributed by atoms with Gasteiger partial charge in [0.1, 0.15) is 11.9 Å². The van der Waals surface area contributed by atoms with Crippen LogP contribution in [0.15, 0.2) is 24.4 Å². The molecule has 1 aromatic carbocycles. The van der Waals surface area contributed by atoms with Crippen LogP contribution in [0.1, 0.15) is 18.4 Å². The Morgan fingerprint density at radius 2 is 2.08 bits per heavy atom. The molecule has 2 aromatic rings. The minimum Gasteiger partial charge on any atom is -0.490 e. The van der Waals surface area contributed by atoms with Crippen molar-refractivity contribution in [3.8, 4) is 5.75 Å². The predicted octanol–water partition coefficient (Wildman–Crippen LogP) is 3.44. The molecule has 0 aliphatic carbocycles. The van der Waals surface area contributed by atoms with Gasteiger partial charge in [-0.15, -0.1) is 0 Å². The van der Waals surface area contributed by atoms with Gasteiger partial charge in [0.15, 0.2) is 0 Å². The summed E-state index contributed by atoms with van der Waals surface area (Å²) in [6.07, 6.45) is 4.88. The minimum atomic E-state index is -2.70. The molecule has 0 atom stereocenters. The number of fused-ring (bicyclic) bond motifs is 1. The van der Waals surface area contributed by atoms with E-state index >= 15 is 0 Å². The summed E-state index contributed by atoms with van der Waals surface area (Å²) in [7, 11) is 1.91. The number of H-pyrrole nitrogens is 1. The molecule has 0 amide bonds. The van der Waals surface area contributed by atoms with Gasteiger partial charge >= 0.3 is 6.61 Å². The molecule has 1 aromatic heterocycles. The molecule has 1 aliphatic rings. The molecule has 1 fully saturated rings. The smallest absolute Gasteiger partial charge is 0.345 e. The second-order valence-electron chi connectivity index (χ2n) is 6.64. The predicted molar refractivity (Wildman–Crippen MR) is 95.9 cm³/mol. The van der Waals surface area contributed by atoms with Crippen LogP contribution < -0.4 is 4.74 Å². The zero-order valence-corrected chi connectivity index (χ0v) is 15.0. The maximum Gasteiger partial charge on any atom is 0.345 e. The van der Waals surface area contributed by atoms with Crippen molar-refractivity contribution in [2.45, 2.75) is 32.0 Å². The number of rotatable bonds is 9. The number of nitrogens with one attached hydrogen (secondary N) is 1. The van der Waals surface area contributed by atoms with Crippen LogP contribution in [-0.2, 0) is 15.9 Å². The lowest BCUT2D eigenvalue weighted by atomic mass is 10.1. The fourth-order valence-corrected chi connectivity index (χ4v) is 3.14. The summed E-state index contributed by atoms with van der Waals surface area (Å²) in [5.74, 6) is 0.879. The number of nitrogens with zero attached hydrogens (tertiary/aromatic N) is 1. The fraction of sp³-hybridized carbons (Fsp3) is 0.579. The molecule has 0 saturated carbocycles. The highest BCUT2D eigenvalue weighted by Crippen LogP contribution is 2.26. The first kappa shape index (κ1) is 19.1. The summed E-state index contributed by atoms with van der Waals surface area (Å²) in [6.45, 7) is 0.0835. The number of aromatic amines is 1. The Morgan fingerprint density at radius 1 is 1.27 bits per heavy atom. The van der Waals surface area contributed by atoms with E-state index in [1.54, 1.807) is 0 Å². The van der Waals surface area contributed by atoms with Gasteiger partial charge in [-0.05, 0) is 37.2 Å². The third-order valence-corrected chi connectivity index (χ3v) is 4.69. The van der Waals surface area contributed by atoms with E-state index in [4.69, 9.17) is 9.47 Å². The molecule has 0 bridgehead atoms. The molecule has 1 saturated heterocycles. The van der Waals surface area contributed by atoms with E-state index in [1.807, 2.05) is 30.3 Å². The van der Waals surface area contributed by atoms with E-state index in [0.29, 0.717) is 6.54 Å². The molecular formula is C19H26F2N2O3. The van der Waals surface area contributed by atoms with Crippen LogP contribution in [0.3, 0.4) is 0 Å². The van der Waals surface area contributed by atoms with Crippen LogP contribution in [0.2, 0.25) is 0 Å². The third kappa shape index (κ3) is 5.40. The largest absolute Gasteiger partial charge is 0.490 e. The van der Waals surface area contributed by atoms with Crippen molar-refractivity contribution in [2.24, 2.45) is 0 Å². The normalized spacial score (nSPS) is 16.0. The van der Waals surface area contributed by atoms with Gasteiger partial charge in [0, 0.05) is 43.0 Å². The first-order chi connectivity index (χ1) is 12.6. The van der Waals surface area contributed by atoms with Crippen molar-refractivity contribution >= 4 is 10.9 Å². The van der Waals surface area contributed by atoms with E-state index in [9.17, 15) is 8.78 Å². The van der Waals surface area contributed by atoms with Gasteiger partial charge in [-0.1, -0.05) is 0 Å². The topological polar surface area (TPSA) is 46.7 Å². The monoisotopic (exact) mass is 368 g/mol. The van der Waals surface area contributed by atoms with Crippen LogP contribution in [0.25, 0.3) is 10.9 Å². The van der Waals surface area contributed by atoms with Gasteiger partial charge in [-0.3, -0.25) is 0 Å². The lowest BCUT2D eigenvalue weighted by Crippen LogP contribution is -2.26. The average Bonchev–Trinajstić information content (AvgIpc) is 3.03. The summed E-state index contributed by atoms with van der Waals surface area (Å²) in [5, 5.41) is 1.15. The van der Waals surface area contributed by atoms with Crippen molar-refractivity contribution in [3.63, 3.8) is 0 Å². The first-order valence-electron chi connectivity index (χ1n) is 9.04. The molecule has 1 N–H and O–H groups in total. The van der Waals surface area contributed by atoms with Crippen molar-refractivity contribution in [1.82, 2.24) is 9.88 Å². The number of hydrogen-bond donors (Lipinski definition) is 1.